The van der Waals surface area contributed by atoms with Crippen molar-refractivity contribution in [2.24, 2.45) is 16.5 Å². The smallest absolute Gasteiger partial charge is 0.387 e. The lowest BCUT2D eigenvalue weighted by molar-refractivity contribution is -0.129. The molecule has 0 saturated carbocycles. The minimum Gasteiger partial charge on any atom is -0.434 e. The van der Waals surface area contributed by atoms with Gasteiger partial charge in [-0.3, -0.25) is 9.69 Å². The third-order valence-corrected chi connectivity index (χ3v) is 4.89. The van der Waals surface area contributed by atoms with Crippen LogP contribution in [0, 0.1) is 0 Å². The van der Waals surface area contributed by atoms with E-state index in [0.29, 0.717) is 16.7 Å². The molecule has 0 aromatic heterocycles. The number of carbonyl (C=O) groups is 1. The Bertz CT molecular complexity index is 922. The van der Waals surface area contributed by atoms with Crippen LogP contribution in [0.2, 0.25) is 0 Å². The molecule has 142 valence electrons. The number of rotatable bonds is 5. The fourth-order valence-electron chi connectivity index (χ4n) is 3.07. The number of nitrogens with zero attached hydrogens (tertiary/aromatic N) is 2. The molecule has 0 bridgehead atoms. The number of nitrogens with two attached hydrogens (primary N) is 2. The van der Waals surface area contributed by atoms with Crippen molar-refractivity contribution in [3.8, 4) is 5.75 Å². The van der Waals surface area contributed by atoms with Gasteiger partial charge in [0.25, 0.3) is 5.91 Å². The van der Waals surface area contributed by atoms with Gasteiger partial charge in [0, 0.05) is 23.6 Å². The highest BCUT2D eigenvalue weighted by atomic mass is 79.9. The van der Waals surface area contributed by atoms with E-state index in [9.17, 15) is 13.6 Å². The third-order valence-electron chi connectivity index (χ3n) is 4.40. The summed E-state index contributed by atoms with van der Waals surface area (Å²) in [6.45, 7) is -3.03. The molecule has 0 unspecified atom stereocenters. The molecule has 1 aliphatic rings. The second-order valence-corrected chi connectivity index (χ2v) is 6.88. The van der Waals surface area contributed by atoms with Gasteiger partial charge in [-0.15, -0.1) is 0 Å². The fraction of sp³-hybridized carbons (Fsp3) is 0.222. The highest BCUT2D eigenvalue weighted by Crippen LogP contribution is 2.41. The number of halogens is 3. The van der Waals surface area contributed by atoms with Gasteiger partial charge in [0.05, 0.1) is 0 Å². The molecular weight excluding hydrogens is 422 g/mol. The summed E-state index contributed by atoms with van der Waals surface area (Å²) in [5.74, 6) is -0.345. The van der Waals surface area contributed by atoms with Gasteiger partial charge < -0.3 is 16.2 Å². The number of ether oxygens (including phenoxy) is 1. The lowest BCUT2D eigenvalue weighted by Gasteiger charge is -2.27. The number of carbonyl (C=O) groups excluding carboxylic acids is 1. The average Bonchev–Trinajstić information content (AvgIpc) is 2.86. The van der Waals surface area contributed by atoms with Crippen LogP contribution in [0.1, 0.15) is 16.7 Å². The first kappa shape index (κ1) is 19.2. The minimum absolute atomic E-state index is 0.0450. The molecule has 0 fully saturated rings. The predicted octanol–water partition coefficient (Wildman–Crippen LogP) is 2.54. The Morgan fingerprint density at radius 2 is 1.96 bits per heavy atom. The lowest BCUT2D eigenvalue weighted by atomic mass is 9.82. The molecule has 0 aliphatic carbocycles. The summed E-state index contributed by atoms with van der Waals surface area (Å²) in [5, 5.41) is 0. The SMILES string of the molecule is CN1C(=O)[C@](c2cccc(Br)c2)(c2ccc(OC(F)F)c(CN)c2)N=C1N. The standard InChI is InChI=1S/C18H17BrF2N4O2/c1-25-15(26)18(24-17(25)23,11-3-2-4-13(19)8-11)12-5-6-14(27-16(20)21)10(7-12)9-22/h2-8,16H,9,22H2,1H3,(H2,23,24)/t18-/m0/s1. The minimum atomic E-state index is -2.98. The molecular formula is C18H17BrF2N4O2. The molecule has 2 aromatic rings. The van der Waals surface area contributed by atoms with E-state index in [1.165, 1.54) is 24.1 Å². The number of amides is 1. The molecule has 27 heavy (non-hydrogen) atoms. The van der Waals surface area contributed by atoms with E-state index in [-0.39, 0.29) is 24.2 Å². The first-order valence-electron chi connectivity index (χ1n) is 7.97. The quantitative estimate of drug-likeness (QED) is 0.749. The molecule has 4 N–H and O–H groups in total. The zero-order valence-electron chi connectivity index (χ0n) is 14.3. The molecule has 0 spiro atoms. The Hall–Kier alpha value is -2.52. The van der Waals surface area contributed by atoms with E-state index in [2.05, 4.69) is 25.7 Å². The number of likely N-dealkylation sites (N-methyl/N-ethyl adjacent to an activating group) is 1. The van der Waals surface area contributed by atoms with Gasteiger partial charge in [-0.25, -0.2) is 4.99 Å². The first-order chi connectivity index (χ1) is 12.8. The zero-order valence-corrected chi connectivity index (χ0v) is 15.9. The number of aliphatic imine (C=N–C) groups is 1. The van der Waals surface area contributed by atoms with Crippen LogP contribution in [0.15, 0.2) is 51.9 Å². The largest absolute Gasteiger partial charge is 0.434 e. The van der Waals surface area contributed by atoms with E-state index in [1.54, 1.807) is 24.3 Å². The number of hydrogen-bond donors (Lipinski definition) is 2. The third kappa shape index (κ3) is 3.28. The molecule has 1 amide bonds. The van der Waals surface area contributed by atoms with Crippen LogP contribution >= 0.6 is 15.9 Å². The molecule has 2 aromatic carbocycles. The Morgan fingerprint density at radius 3 is 2.52 bits per heavy atom. The summed E-state index contributed by atoms with van der Waals surface area (Å²) in [5.41, 5.74) is 11.6. The van der Waals surface area contributed by atoms with Crippen LogP contribution in [0.4, 0.5) is 8.78 Å². The number of benzene rings is 2. The van der Waals surface area contributed by atoms with Crippen molar-refractivity contribution in [3.63, 3.8) is 0 Å². The van der Waals surface area contributed by atoms with E-state index >= 15 is 0 Å². The highest BCUT2D eigenvalue weighted by Gasteiger charge is 2.49. The van der Waals surface area contributed by atoms with Crippen LogP contribution in [0.25, 0.3) is 0 Å². The molecule has 6 nitrogen and oxygen atoms in total. The zero-order chi connectivity index (χ0) is 19.8. The summed E-state index contributed by atoms with van der Waals surface area (Å²) in [6.07, 6.45) is 0. The summed E-state index contributed by atoms with van der Waals surface area (Å²) in [6, 6.07) is 11.5. The second kappa shape index (κ2) is 7.24. The van der Waals surface area contributed by atoms with E-state index < -0.39 is 12.2 Å². The molecule has 1 heterocycles. The predicted molar refractivity (Wildman–Crippen MR) is 100 cm³/mol. The van der Waals surface area contributed by atoms with Gasteiger partial charge in [0.2, 0.25) is 0 Å². The van der Waals surface area contributed by atoms with Gasteiger partial charge in [-0.2, -0.15) is 8.78 Å². The molecule has 0 radical (unpaired) electrons. The number of hydrogen-bond acceptors (Lipinski definition) is 5. The Kier molecular flexibility index (Phi) is 5.16. The van der Waals surface area contributed by atoms with Crippen molar-refractivity contribution < 1.29 is 18.3 Å². The summed E-state index contributed by atoms with van der Waals surface area (Å²) < 4.78 is 30.5. The van der Waals surface area contributed by atoms with Crippen molar-refractivity contribution in [3.05, 3.63) is 63.6 Å². The van der Waals surface area contributed by atoms with Crippen molar-refractivity contribution in [1.82, 2.24) is 4.90 Å². The van der Waals surface area contributed by atoms with Crippen molar-refractivity contribution in [1.29, 1.82) is 0 Å². The highest BCUT2D eigenvalue weighted by molar-refractivity contribution is 9.10. The van der Waals surface area contributed by atoms with E-state index in [4.69, 9.17) is 11.5 Å². The molecule has 1 aliphatic heterocycles. The van der Waals surface area contributed by atoms with Crippen LogP contribution in [-0.2, 0) is 16.9 Å². The second-order valence-electron chi connectivity index (χ2n) is 5.96. The Morgan fingerprint density at radius 1 is 1.26 bits per heavy atom. The maximum atomic E-state index is 13.1. The van der Waals surface area contributed by atoms with Crippen molar-refractivity contribution in [2.75, 3.05) is 7.05 Å². The number of alkyl halides is 2. The molecule has 3 rings (SSSR count). The van der Waals surface area contributed by atoms with E-state index in [0.717, 1.165) is 4.47 Å². The maximum absolute atomic E-state index is 13.1. The van der Waals surface area contributed by atoms with Crippen LogP contribution in [0.5, 0.6) is 5.75 Å². The molecule has 9 heteroatoms. The van der Waals surface area contributed by atoms with Crippen LogP contribution in [0.3, 0.4) is 0 Å². The summed E-state index contributed by atoms with van der Waals surface area (Å²) >= 11 is 3.40. The van der Waals surface area contributed by atoms with Gasteiger partial charge in [0.1, 0.15) is 5.75 Å². The maximum Gasteiger partial charge on any atom is 0.387 e. The van der Waals surface area contributed by atoms with Gasteiger partial charge in [-0.1, -0.05) is 34.1 Å². The monoisotopic (exact) mass is 438 g/mol. The van der Waals surface area contributed by atoms with Crippen LogP contribution < -0.4 is 16.2 Å². The van der Waals surface area contributed by atoms with E-state index in [1.807, 2.05) is 6.07 Å². The van der Waals surface area contributed by atoms with Crippen molar-refractivity contribution >= 4 is 27.8 Å². The molecule has 1 atom stereocenters. The van der Waals surface area contributed by atoms with Crippen LogP contribution in [-0.4, -0.2) is 30.4 Å². The normalized spacial score (nSPS) is 19.6. The van der Waals surface area contributed by atoms with Gasteiger partial charge in [0.15, 0.2) is 11.5 Å². The molecule has 0 saturated heterocycles. The summed E-state index contributed by atoms with van der Waals surface area (Å²) in [7, 11) is 1.53. The summed E-state index contributed by atoms with van der Waals surface area (Å²) in [4.78, 5) is 18.9. The van der Waals surface area contributed by atoms with Crippen molar-refractivity contribution in [2.45, 2.75) is 18.7 Å². The Labute approximate surface area is 162 Å². The number of guanidine groups is 1. The lowest BCUT2D eigenvalue weighted by Crippen LogP contribution is -2.41. The first-order valence-corrected chi connectivity index (χ1v) is 8.76. The average molecular weight is 439 g/mol. The topological polar surface area (TPSA) is 93.9 Å². The Balaban J connectivity index is 2.23. The van der Waals surface area contributed by atoms with Gasteiger partial charge in [-0.05, 0) is 35.4 Å². The fourth-order valence-corrected chi connectivity index (χ4v) is 3.47. The van der Waals surface area contributed by atoms with Gasteiger partial charge >= 0.3 is 6.61 Å².